The van der Waals surface area contributed by atoms with Crippen molar-refractivity contribution in [3.8, 4) is 17.3 Å². The predicted octanol–water partition coefficient (Wildman–Crippen LogP) is 3.56. The van der Waals surface area contributed by atoms with Crippen LogP contribution in [0.1, 0.15) is 12.8 Å². The van der Waals surface area contributed by atoms with Crippen molar-refractivity contribution in [3.63, 3.8) is 0 Å². The SMILES string of the molecule is OC[C@@H](O)COc1nc(N2CCC3CNC(C3)C2)c2cnc(-c3cccc4cccc(Cl)c34)c(F)c2n1. The van der Waals surface area contributed by atoms with E-state index in [0.29, 0.717) is 39.1 Å². The van der Waals surface area contributed by atoms with Gasteiger partial charge in [0, 0.05) is 41.3 Å². The zero-order valence-electron chi connectivity index (χ0n) is 20.1. The van der Waals surface area contributed by atoms with Gasteiger partial charge < -0.3 is 25.2 Å². The highest BCUT2D eigenvalue weighted by atomic mass is 35.5. The van der Waals surface area contributed by atoms with E-state index < -0.39 is 18.5 Å². The Hall–Kier alpha value is -3.11. The third kappa shape index (κ3) is 4.57. The zero-order chi connectivity index (χ0) is 25.5. The summed E-state index contributed by atoms with van der Waals surface area (Å²) in [5.74, 6) is 0.549. The molecule has 6 rings (SSSR count). The van der Waals surface area contributed by atoms with Crippen LogP contribution in [0.4, 0.5) is 10.2 Å². The summed E-state index contributed by atoms with van der Waals surface area (Å²) in [6, 6.07) is 11.4. The molecule has 10 heteroatoms. The Bertz CT molecular complexity index is 1470. The molecule has 4 heterocycles. The average Bonchev–Trinajstić information content (AvgIpc) is 3.25. The fourth-order valence-corrected chi connectivity index (χ4v) is 5.66. The van der Waals surface area contributed by atoms with Gasteiger partial charge in [-0.3, -0.25) is 4.98 Å². The van der Waals surface area contributed by atoms with Crippen molar-refractivity contribution in [2.75, 3.05) is 37.7 Å². The summed E-state index contributed by atoms with van der Waals surface area (Å²) in [6.07, 6.45) is 2.61. The number of anilines is 1. The first-order valence-electron chi connectivity index (χ1n) is 12.5. The molecule has 2 bridgehead atoms. The number of hydrogen-bond acceptors (Lipinski definition) is 8. The van der Waals surface area contributed by atoms with Gasteiger partial charge in [0.1, 0.15) is 29.7 Å². The van der Waals surface area contributed by atoms with Gasteiger partial charge in [-0.2, -0.15) is 9.97 Å². The van der Waals surface area contributed by atoms with Crippen LogP contribution in [0.2, 0.25) is 5.02 Å². The number of rotatable bonds is 6. The summed E-state index contributed by atoms with van der Waals surface area (Å²) in [4.78, 5) is 15.7. The molecule has 2 unspecified atom stereocenters. The fraction of sp³-hybridized carbons (Fsp3) is 0.370. The van der Waals surface area contributed by atoms with Gasteiger partial charge in [0.05, 0.1) is 12.0 Å². The van der Waals surface area contributed by atoms with Gasteiger partial charge in [-0.15, -0.1) is 0 Å². The molecule has 2 aliphatic rings. The van der Waals surface area contributed by atoms with Gasteiger partial charge in [-0.05, 0) is 36.8 Å². The number of ether oxygens (including phenoxy) is 1. The van der Waals surface area contributed by atoms with E-state index in [4.69, 9.17) is 16.3 Å². The lowest BCUT2D eigenvalue weighted by molar-refractivity contribution is 0.0506. The van der Waals surface area contributed by atoms with Crippen molar-refractivity contribution in [3.05, 3.63) is 53.4 Å². The Kier molecular flexibility index (Phi) is 6.54. The molecule has 2 aromatic carbocycles. The smallest absolute Gasteiger partial charge is 0.319 e. The minimum Gasteiger partial charge on any atom is -0.461 e. The van der Waals surface area contributed by atoms with E-state index in [1.165, 1.54) is 0 Å². The minimum atomic E-state index is -1.10. The number of nitrogens with zero attached hydrogens (tertiary/aromatic N) is 4. The number of aromatic nitrogens is 3. The normalized spacial score (nSPS) is 20.4. The molecule has 2 fully saturated rings. The lowest BCUT2D eigenvalue weighted by Gasteiger charge is -2.27. The van der Waals surface area contributed by atoms with Gasteiger partial charge in [0.2, 0.25) is 0 Å². The molecule has 0 radical (unpaired) electrons. The Balaban J connectivity index is 1.50. The number of hydrogen-bond donors (Lipinski definition) is 3. The Morgan fingerprint density at radius 1 is 1.22 bits per heavy atom. The molecule has 0 aliphatic carbocycles. The van der Waals surface area contributed by atoms with Crippen molar-refractivity contribution in [2.24, 2.45) is 5.92 Å². The number of halogens is 2. The van der Waals surface area contributed by atoms with Crippen LogP contribution in [0.25, 0.3) is 32.9 Å². The fourth-order valence-electron chi connectivity index (χ4n) is 5.38. The Morgan fingerprint density at radius 3 is 2.89 bits per heavy atom. The monoisotopic (exact) mass is 523 g/mol. The number of pyridine rings is 1. The minimum absolute atomic E-state index is 0.0654. The van der Waals surface area contributed by atoms with Crippen LogP contribution in [0.3, 0.4) is 0 Å². The van der Waals surface area contributed by atoms with Gasteiger partial charge in [0.15, 0.2) is 5.82 Å². The van der Waals surface area contributed by atoms with Crippen LogP contribution in [0.5, 0.6) is 6.01 Å². The first kappa shape index (κ1) is 24.2. The zero-order valence-corrected chi connectivity index (χ0v) is 20.8. The molecule has 0 amide bonds. The first-order chi connectivity index (χ1) is 18.0. The molecule has 2 aliphatic heterocycles. The second-order valence-corrected chi connectivity index (χ2v) is 10.2. The van der Waals surface area contributed by atoms with Crippen molar-refractivity contribution in [2.45, 2.75) is 25.0 Å². The lowest BCUT2D eigenvalue weighted by Crippen LogP contribution is -2.39. The maximum atomic E-state index is 16.3. The second kappa shape index (κ2) is 9.98. The molecular weight excluding hydrogens is 497 g/mol. The molecule has 2 aromatic heterocycles. The maximum Gasteiger partial charge on any atom is 0.319 e. The van der Waals surface area contributed by atoms with E-state index >= 15 is 4.39 Å². The molecule has 2 saturated heterocycles. The standard InChI is InChI=1S/C27H27ClFN5O3/c28-21-6-2-4-16-3-1-5-19(22(16)21)24-23(29)25-20(11-31-24)26(33-27(32-25)37-14-18(36)13-35)34-8-7-15-9-17(12-34)30-10-15/h1-6,11,15,17-18,30,35-36H,7-10,12-14H2/t15?,17?,18-/m1/s1. The summed E-state index contributed by atoms with van der Waals surface area (Å²) in [5.41, 5.74) is 0.779. The summed E-state index contributed by atoms with van der Waals surface area (Å²) < 4.78 is 21.9. The van der Waals surface area contributed by atoms with Crippen molar-refractivity contribution < 1.29 is 19.3 Å². The van der Waals surface area contributed by atoms with Crippen LogP contribution < -0.4 is 15.0 Å². The van der Waals surface area contributed by atoms with Crippen LogP contribution in [-0.2, 0) is 0 Å². The third-order valence-electron chi connectivity index (χ3n) is 7.23. The van der Waals surface area contributed by atoms with Crippen LogP contribution in [0.15, 0.2) is 42.6 Å². The van der Waals surface area contributed by atoms with Gasteiger partial charge >= 0.3 is 6.01 Å². The van der Waals surface area contributed by atoms with Crippen molar-refractivity contribution >= 4 is 39.1 Å². The van der Waals surface area contributed by atoms with Crippen molar-refractivity contribution in [1.82, 2.24) is 20.3 Å². The summed E-state index contributed by atoms with van der Waals surface area (Å²) in [7, 11) is 0. The van der Waals surface area contributed by atoms with Crippen LogP contribution >= 0.6 is 11.6 Å². The number of benzene rings is 2. The summed E-state index contributed by atoms with van der Waals surface area (Å²) in [6.45, 7) is 1.83. The predicted molar refractivity (Wildman–Crippen MR) is 141 cm³/mol. The molecule has 3 atom stereocenters. The number of aliphatic hydroxyl groups is 2. The molecule has 4 aromatic rings. The quantitative estimate of drug-likeness (QED) is 0.352. The van der Waals surface area contributed by atoms with Crippen LogP contribution in [-0.4, -0.2) is 70.2 Å². The topological polar surface area (TPSA) is 104 Å². The second-order valence-electron chi connectivity index (χ2n) is 9.75. The summed E-state index contributed by atoms with van der Waals surface area (Å²) >= 11 is 6.51. The van der Waals surface area contributed by atoms with Gasteiger partial charge in [-0.25, -0.2) is 4.39 Å². The Labute approximate surface area is 218 Å². The van der Waals surface area contributed by atoms with Gasteiger partial charge in [-0.1, -0.05) is 41.9 Å². The lowest BCUT2D eigenvalue weighted by atomic mass is 10.0. The first-order valence-corrected chi connectivity index (χ1v) is 12.8. The van der Waals surface area contributed by atoms with E-state index in [2.05, 4.69) is 25.2 Å². The average molecular weight is 524 g/mol. The number of nitrogens with one attached hydrogen (secondary N) is 1. The van der Waals surface area contributed by atoms with E-state index in [9.17, 15) is 10.2 Å². The molecule has 37 heavy (non-hydrogen) atoms. The highest BCUT2D eigenvalue weighted by Gasteiger charge is 2.32. The van der Waals surface area contributed by atoms with Crippen molar-refractivity contribution in [1.29, 1.82) is 0 Å². The molecular formula is C27H27ClFN5O3. The number of fused-ring (bicyclic) bond motifs is 4. The number of aliphatic hydroxyl groups excluding tert-OH is 2. The van der Waals surface area contributed by atoms with E-state index in [-0.39, 0.29) is 23.8 Å². The van der Waals surface area contributed by atoms with E-state index in [1.54, 1.807) is 18.3 Å². The molecule has 3 N–H and O–H groups in total. The van der Waals surface area contributed by atoms with E-state index in [1.807, 2.05) is 24.3 Å². The van der Waals surface area contributed by atoms with E-state index in [0.717, 1.165) is 37.9 Å². The van der Waals surface area contributed by atoms with Gasteiger partial charge in [0.25, 0.3) is 0 Å². The molecule has 0 saturated carbocycles. The molecule has 192 valence electrons. The molecule has 8 nitrogen and oxygen atoms in total. The molecule has 0 spiro atoms. The highest BCUT2D eigenvalue weighted by Crippen LogP contribution is 2.38. The maximum absolute atomic E-state index is 16.3. The third-order valence-corrected chi connectivity index (χ3v) is 7.54. The Morgan fingerprint density at radius 2 is 2.05 bits per heavy atom. The van der Waals surface area contributed by atoms with Crippen LogP contribution in [0, 0.1) is 11.7 Å². The largest absolute Gasteiger partial charge is 0.461 e. The summed E-state index contributed by atoms with van der Waals surface area (Å²) in [5, 5.41) is 25.1. The highest BCUT2D eigenvalue weighted by molar-refractivity contribution is 6.36.